The highest BCUT2D eigenvalue weighted by atomic mass is 19.4. The fraction of sp³-hybridized carbons (Fsp3) is 0.250. The maximum Gasteiger partial charge on any atom is 0.490 e. The molecule has 0 saturated carbocycles. The Morgan fingerprint density at radius 1 is 1.17 bits per heavy atom. The zero-order chi connectivity index (χ0) is 25.2. The number of hydrogen-bond donors (Lipinski definition) is 2. The molecule has 0 radical (unpaired) electrons. The average molecular weight is 486 g/mol. The van der Waals surface area contributed by atoms with Gasteiger partial charge in [0.25, 0.3) is 5.89 Å². The van der Waals surface area contributed by atoms with E-state index >= 15 is 0 Å². The number of nitrogens with zero attached hydrogens (tertiary/aromatic N) is 3. The number of halogens is 3. The van der Waals surface area contributed by atoms with Gasteiger partial charge >= 0.3 is 12.1 Å². The molecule has 4 aromatic rings. The van der Waals surface area contributed by atoms with Crippen LogP contribution in [0.25, 0.3) is 34.2 Å². The molecule has 11 heteroatoms. The molecule has 8 nitrogen and oxygen atoms in total. The number of nitrogens with one attached hydrogen (secondary N) is 1. The van der Waals surface area contributed by atoms with Gasteiger partial charge in [0, 0.05) is 29.6 Å². The quantitative estimate of drug-likeness (QED) is 0.418. The van der Waals surface area contributed by atoms with Gasteiger partial charge in [0.15, 0.2) is 0 Å². The summed E-state index contributed by atoms with van der Waals surface area (Å²) in [5.41, 5.74) is 6.13. The van der Waals surface area contributed by atoms with Gasteiger partial charge in [-0.1, -0.05) is 35.5 Å². The van der Waals surface area contributed by atoms with Crippen LogP contribution in [0, 0.1) is 13.8 Å². The number of fused-ring (bicyclic) bond motifs is 1. The highest BCUT2D eigenvalue weighted by Gasteiger charge is 2.38. The third-order valence-corrected chi connectivity index (χ3v) is 5.35. The second-order valence-electron chi connectivity index (χ2n) is 7.84. The molecule has 1 aromatic carbocycles. The topological polar surface area (TPSA) is 114 Å². The van der Waals surface area contributed by atoms with Crippen molar-refractivity contribution >= 4 is 5.97 Å². The molecule has 1 aliphatic heterocycles. The van der Waals surface area contributed by atoms with Crippen molar-refractivity contribution in [3.05, 3.63) is 65.2 Å². The Morgan fingerprint density at radius 3 is 2.57 bits per heavy atom. The van der Waals surface area contributed by atoms with Crippen molar-refractivity contribution in [2.45, 2.75) is 33.0 Å². The molecule has 182 valence electrons. The van der Waals surface area contributed by atoms with E-state index in [1.165, 1.54) is 11.1 Å². The van der Waals surface area contributed by atoms with Crippen molar-refractivity contribution in [2.24, 2.45) is 0 Å². The van der Waals surface area contributed by atoms with E-state index in [-0.39, 0.29) is 0 Å². The Kier molecular flexibility index (Phi) is 6.70. The summed E-state index contributed by atoms with van der Waals surface area (Å²) in [5, 5.41) is 14.8. The monoisotopic (exact) mass is 486 g/mol. The summed E-state index contributed by atoms with van der Waals surface area (Å²) >= 11 is 0. The molecule has 35 heavy (non-hydrogen) atoms. The molecule has 0 fully saturated rings. The fourth-order valence-corrected chi connectivity index (χ4v) is 3.78. The van der Waals surface area contributed by atoms with Crippen LogP contribution < -0.4 is 5.32 Å². The minimum absolute atomic E-state index is 0.455. The van der Waals surface area contributed by atoms with E-state index in [0.29, 0.717) is 11.7 Å². The lowest BCUT2D eigenvalue weighted by atomic mass is 9.95. The predicted molar refractivity (Wildman–Crippen MR) is 119 cm³/mol. The Bertz CT molecular complexity index is 1350. The normalized spacial score (nSPS) is 13.1. The Hall–Kier alpha value is -3.99. The first kappa shape index (κ1) is 24.1. The molecule has 0 atom stereocenters. The first-order valence-corrected chi connectivity index (χ1v) is 10.6. The number of aromatic nitrogens is 3. The van der Waals surface area contributed by atoms with Crippen LogP contribution in [-0.2, 0) is 17.8 Å². The molecular formula is C24H21F3N4O4. The number of hydrogen-bond acceptors (Lipinski definition) is 7. The highest BCUT2D eigenvalue weighted by molar-refractivity contribution is 5.77. The molecule has 1 aliphatic rings. The summed E-state index contributed by atoms with van der Waals surface area (Å²) in [5.74, 6) is -0.183. The van der Waals surface area contributed by atoms with Crippen LogP contribution in [0.4, 0.5) is 13.2 Å². The number of carbonyl (C=O) groups is 1. The summed E-state index contributed by atoms with van der Waals surface area (Å²) in [6.45, 7) is 5.67. The number of benzene rings is 1. The summed E-state index contributed by atoms with van der Waals surface area (Å²) in [6.07, 6.45) is -2.22. The van der Waals surface area contributed by atoms with Gasteiger partial charge < -0.3 is 19.4 Å². The van der Waals surface area contributed by atoms with Crippen LogP contribution in [0.15, 0.2) is 51.5 Å². The number of aryl methyl sites for hydroxylation is 2. The molecule has 3 aromatic heterocycles. The number of carboxylic acids is 1. The average Bonchev–Trinajstić information content (AvgIpc) is 3.46. The Labute approximate surface area is 197 Å². The zero-order valence-electron chi connectivity index (χ0n) is 18.8. The lowest BCUT2D eigenvalue weighted by Crippen LogP contribution is -2.24. The van der Waals surface area contributed by atoms with Crippen LogP contribution in [-0.4, -0.2) is 38.9 Å². The minimum atomic E-state index is -5.08. The number of rotatable bonds is 3. The van der Waals surface area contributed by atoms with Crippen molar-refractivity contribution in [3.8, 4) is 34.2 Å². The van der Waals surface area contributed by atoms with Gasteiger partial charge in [-0.05, 0) is 44.0 Å². The predicted octanol–water partition coefficient (Wildman–Crippen LogP) is 4.95. The van der Waals surface area contributed by atoms with E-state index < -0.39 is 12.1 Å². The number of carboxylic acid groups (broad SMARTS) is 1. The maximum absolute atomic E-state index is 10.6. The maximum atomic E-state index is 10.6. The molecule has 0 saturated heterocycles. The van der Waals surface area contributed by atoms with Gasteiger partial charge in [0.2, 0.25) is 5.82 Å². The number of aliphatic carboxylic acids is 1. The van der Waals surface area contributed by atoms with Crippen LogP contribution in [0.5, 0.6) is 0 Å². The first-order chi connectivity index (χ1) is 16.6. The zero-order valence-corrected chi connectivity index (χ0v) is 18.8. The lowest BCUT2D eigenvalue weighted by Gasteiger charge is -2.19. The van der Waals surface area contributed by atoms with E-state index in [9.17, 15) is 13.2 Å². The van der Waals surface area contributed by atoms with Crippen LogP contribution in [0.3, 0.4) is 0 Å². The number of alkyl halides is 3. The van der Waals surface area contributed by atoms with E-state index in [1.807, 2.05) is 56.4 Å². The molecule has 0 aliphatic carbocycles. The van der Waals surface area contributed by atoms with Crippen LogP contribution in [0.1, 0.15) is 22.6 Å². The second kappa shape index (κ2) is 9.71. The minimum Gasteiger partial charge on any atom is -0.475 e. The van der Waals surface area contributed by atoms with Gasteiger partial charge in [-0.25, -0.2) is 4.79 Å². The van der Waals surface area contributed by atoms with Gasteiger partial charge in [-0.15, -0.1) is 0 Å². The largest absolute Gasteiger partial charge is 0.490 e. The molecule has 0 spiro atoms. The van der Waals surface area contributed by atoms with Crippen LogP contribution in [0.2, 0.25) is 0 Å². The standard InChI is InChI=1S/C22H20N4O2.C2HF3O2/c1-13-10-18(20(27-13)15-6-4-3-5-7-15)22-25-21(26-28-22)19-14(2)24-12-16-11-23-9-8-17(16)19;3-2(4,5)1(6)7/h3-7,10,12,23H,8-9,11H2,1-2H3;(H,6,7). The summed E-state index contributed by atoms with van der Waals surface area (Å²) < 4.78 is 43.3. The molecule has 0 unspecified atom stereocenters. The van der Waals surface area contributed by atoms with Gasteiger partial charge in [0.1, 0.15) is 11.5 Å². The molecule has 0 bridgehead atoms. The second-order valence-corrected chi connectivity index (χ2v) is 7.84. The van der Waals surface area contributed by atoms with Crippen molar-refractivity contribution in [3.63, 3.8) is 0 Å². The molecular weight excluding hydrogens is 465 g/mol. The molecule has 0 amide bonds. The van der Waals surface area contributed by atoms with Crippen molar-refractivity contribution < 1.29 is 32.0 Å². The van der Waals surface area contributed by atoms with Crippen molar-refractivity contribution in [2.75, 3.05) is 6.54 Å². The van der Waals surface area contributed by atoms with Gasteiger partial charge in [-0.2, -0.15) is 18.2 Å². The summed E-state index contributed by atoms with van der Waals surface area (Å²) in [4.78, 5) is 18.2. The number of furan rings is 1. The van der Waals surface area contributed by atoms with E-state index in [1.54, 1.807) is 0 Å². The van der Waals surface area contributed by atoms with E-state index in [0.717, 1.165) is 53.4 Å². The Morgan fingerprint density at radius 2 is 1.89 bits per heavy atom. The molecule has 4 heterocycles. The summed E-state index contributed by atoms with van der Waals surface area (Å²) in [7, 11) is 0. The SMILES string of the molecule is Cc1cc(-c2nc(-c3c(C)ncc4c3CCNC4)no2)c(-c2ccccc2)o1.O=C(O)C(F)(F)F. The summed E-state index contributed by atoms with van der Waals surface area (Å²) in [6, 6.07) is 11.9. The van der Waals surface area contributed by atoms with Crippen LogP contribution >= 0.6 is 0 Å². The smallest absolute Gasteiger partial charge is 0.475 e. The van der Waals surface area contributed by atoms with Crippen molar-refractivity contribution in [1.29, 1.82) is 0 Å². The molecule has 5 rings (SSSR count). The highest BCUT2D eigenvalue weighted by Crippen LogP contribution is 2.36. The third kappa shape index (κ3) is 5.24. The van der Waals surface area contributed by atoms with Gasteiger partial charge in [0.05, 0.1) is 5.56 Å². The van der Waals surface area contributed by atoms with E-state index in [2.05, 4.69) is 15.5 Å². The number of pyridine rings is 1. The first-order valence-electron chi connectivity index (χ1n) is 10.6. The Balaban J connectivity index is 0.000000364. The third-order valence-electron chi connectivity index (χ3n) is 5.35. The van der Waals surface area contributed by atoms with E-state index in [4.69, 9.17) is 23.8 Å². The van der Waals surface area contributed by atoms with Gasteiger partial charge in [-0.3, -0.25) is 4.98 Å². The molecule has 2 N–H and O–H groups in total. The van der Waals surface area contributed by atoms with Crippen molar-refractivity contribution in [1.82, 2.24) is 20.4 Å². The lowest BCUT2D eigenvalue weighted by molar-refractivity contribution is -0.192. The fourth-order valence-electron chi connectivity index (χ4n) is 3.78.